The van der Waals surface area contributed by atoms with Crippen molar-refractivity contribution in [2.24, 2.45) is 11.8 Å². The van der Waals surface area contributed by atoms with Crippen molar-refractivity contribution in [3.63, 3.8) is 0 Å². The van der Waals surface area contributed by atoms with Crippen LogP contribution in [0.15, 0.2) is 0 Å². The zero-order chi connectivity index (χ0) is 19.0. The van der Waals surface area contributed by atoms with Gasteiger partial charge in [0.05, 0.1) is 25.0 Å². The van der Waals surface area contributed by atoms with Crippen molar-refractivity contribution < 1.29 is 19.1 Å². The van der Waals surface area contributed by atoms with E-state index >= 15 is 0 Å². The van der Waals surface area contributed by atoms with Crippen molar-refractivity contribution >= 4 is 11.9 Å². The lowest BCUT2D eigenvalue weighted by Gasteiger charge is -2.26. The number of ether oxygens (including phenoxy) is 2. The summed E-state index contributed by atoms with van der Waals surface area (Å²) in [4.78, 5) is 24.1. The molecule has 0 radical (unpaired) electrons. The van der Waals surface area contributed by atoms with Gasteiger partial charge in [0, 0.05) is 0 Å². The van der Waals surface area contributed by atoms with Gasteiger partial charge in [-0.3, -0.25) is 9.59 Å². The van der Waals surface area contributed by atoms with Gasteiger partial charge in [-0.2, -0.15) is 0 Å². The lowest BCUT2D eigenvalue weighted by Crippen LogP contribution is -2.29. The van der Waals surface area contributed by atoms with Crippen LogP contribution in [0.25, 0.3) is 0 Å². The standard InChI is InChI=1S/C22H40O4/c1-3-5-6-7-8-9-10-11-12-13-17-26-22(24)20-16-14-15-19(18-20)21(23)25-4-2/h19-20H,3-18H2,1-2H3. The van der Waals surface area contributed by atoms with Crippen molar-refractivity contribution in [1.29, 1.82) is 0 Å². The van der Waals surface area contributed by atoms with Crippen LogP contribution in [0.4, 0.5) is 0 Å². The van der Waals surface area contributed by atoms with Gasteiger partial charge in [0.25, 0.3) is 0 Å². The summed E-state index contributed by atoms with van der Waals surface area (Å²) in [5.74, 6) is -0.519. The molecule has 0 aromatic rings. The van der Waals surface area contributed by atoms with Crippen molar-refractivity contribution in [3.05, 3.63) is 0 Å². The predicted octanol–water partition coefficient (Wildman–Crippen LogP) is 5.82. The Labute approximate surface area is 160 Å². The molecule has 2 atom stereocenters. The molecule has 0 amide bonds. The Balaban J connectivity index is 2.01. The Morgan fingerprint density at radius 1 is 0.731 bits per heavy atom. The second-order valence-corrected chi connectivity index (χ2v) is 7.66. The van der Waals surface area contributed by atoms with Crippen LogP contribution in [0.2, 0.25) is 0 Å². The first-order valence-corrected chi connectivity index (χ1v) is 11.0. The fourth-order valence-corrected chi connectivity index (χ4v) is 3.76. The molecular formula is C22H40O4. The maximum Gasteiger partial charge on any atom is 0.308 e. The van der Waals surface area contributed by atoms with Crippen LogP contribution in [0.3, 0.4) is 0 Å². The molecule has 0 spiro atoms. The molecular weight excluding hydrogens is 328 g/mol. The molecule has 26 heavy (non-hydrogen) atoms. The summed E-state index contributed by atoms with van der Waals surface area (Å²) in [6.45, 7) is 5.00. The minimum Gasteiger partial charge on any atom is -0.466 e. The average molecular weight is 369 g/mol. The maximum absolute atomic E-state index is 12.2. The Morgan fingerprint density at radius 3 is 1.77 bits per heavy atom. The van der Waals surface area contributed by atoms with Gasteiger partial charge in [-0.15, -0.1) is 0 Å². The zero-order valence-corrected chi connectivity index (χ0v) is 17.1. The molecule has 0 saturated heterocycles. The highest BCUT2D eigenvalue weighted by Crippen LogP contribution is 2.30. The van der Waals surface area contributed by atoms with Crippen LogP contribution in [-0.2, 0) is 19.1 Å². The van der Waals surface area contributed by atoms with Crippen LogP contribution in [-0.4, -0.2) is 25.2 Å². The number of esters is 2. The van der Waals surface area contributed by atoms with E-state index in [1.165, 1.54) is 51.4 Å². The Kier molecular flexibility index (Phi) is 13.3. The molecule has 0 aromatic carbocycles. The fourth-order valence-electron chi connectivity index (χ4n) is 3.76. The highest BCUT2D eigenvalue weighted by Gasteiger charge is 2.32. The molecule has 1 aliphatic carbocycles. The summed E-state index contributed by atoms with van der Waals surface area (Å²) < 4.78 is 10.5. The van der Waals surface area contributed by atoms with E-state index in [9.17, 15) is 9.59 Å². The van der Waals surface area contributed by atoms with E-state index in [2.05, 4.69) is 6.92 Å². The second kappa shape index (κ2) is 15.0. The molecule has 0 aromatic heterocycles. The quantitative estimate of drug-likeness (QED) is 0.286. The third-order valence-electron chi connectivity index (χ3n) is 5.37. The lowest BCUT2D eigenvalue weighted by atomic mass is 9.81. The zero-order valence-electron chi connectivity index (χ0n) is 17.1. The van der Waals surface area contributed by atoms with Gasteiger partial charge in [0.15, 0.2) is 0 Å². The minimum atomic E-state index is -0.153. The summed E-state index contributed by atoms with van der Waals surface area (Å²) in [7, 11) is 0. The monoisotopic (exact) mass is 368 g/mol. The first kappa shape index (κ1) is 23.0. The molecule has 0 bridgehead atoms. The van der Waals surface area contributed by atoms with E-state index in [4.69, 9.17) is 9.47 Å². The number of unbranched alkanes of at least 4 members (excludes halogenated alkanes) is 9. The van der Waals surface area contributed by atoms with E-state index in [0.717, 1.165) is 32.1 Å². The van der Waals surface area contributed by atoms with E-state index in [-0.39, 0.29) is 23.8 Å². The number of rotatable bonds is 14. The first-order valence-electron chi connectivity index (χ1n) is 11.0. The Morgan fingerprint density at radius 2 is 1.23 bits per heavy atom. The van der Waals surface area contributed by atoms with Gasteiger partial charge in [-0.1, -0.05) is 71.1 Å². The topological polar surface area (TPSA) is 52.6 Å². The van der Waals surface area contributed by atoms with Crippen molar-refractivity contribution in [1.82, 2.24) is 0 Å². The van der Waals surface area contributed by atoms with Gasteiger partial charge in [-0.05, 0) is 32.6 Å². The predicted molar refractivity (Wildman–Crippen MR) is 105 cm³/mol. The van der Waals surface area contributed by atoms with Gasteiger partial charge in [-0.25, -0.2) is 0 Å². The Hall–Kier alpha value is -1.06. The molecule has 1 saturated carbocycles. The average Bonchev–Trinajstić information content (AvgIpc) is 2.66. The lowest BCUT2D eigenvalue weighted by molar-refractivity contribution is -0.154. The van der Waals surface area contributed by atoms with E-state index < -0.39 is 0 Å². The first-order chi connectivity index (χ1) is 12.7. The van der Waals surface area contributed by atoms with Gasteiger partial charge in [0.1, 0.15) is 0 Å². The normalized spacial score (nSPS) is 19.9. The largest absolute Gasteiger partial charge is 0.466 e. The van der Waals surface area contributed by atoms with E-state index in [0.29, 0.717) is 19.6 Å². The van der Waals surface area contributed by atoms with Gasteiger partial charge in [0.2, 0.25) is 0 Å². The summed E-state index contributed by atoms with van der Waals surface area (Å²) in [5, 5.41) is 0. The van der Waals surface area contributed by atoms with Gasteiger partial charge < -0.3 is 9.47 Å². The molecule has 1 fully saturated rings. The van der Waals surface area contributed by atoms with E-state index in [1.807, 2.05) is 6.92 Å². The van der Waals surface area contributed by atoms with Crippen molar-refractivity contribution in [3.8, 4) is 0 Å². The molecule has 1 aliphatic rings. The van der Waals surface area contributed by atoms with Crippen molar-refractivity contribution in [2.45, 2.75) is 104 Å². The number of carbonyl (C=O) groups excluding carboxylic acids is 2. The van der Waals surface area contributed by atoms with E-state index in [1.54, 1.807) is 0 Å². The second-order valence-electron chi connectivity index (χ2n) is 7.66. The number of hydrogen-bond donors (Lipinski definition) is 0. The van der Waals surface area contributed by atoms with Crippen LogP contribution in [0.1, 0.15) is 104 Å². The molecule has 0 N–H and O–H groups in total. The number of carbonyl (C=O) groups is 2. The molecule has 4 nitrogen and oxygen atoms in total. The number of hydrogen-bond acceptors (Lipinski definition) is 4. The third-order valence-corrected chi connectivity index (χ3v) is 5.37. The van der Waals surface area contributed by atoms with Crippen LogP contribution in [0.5, 0.6) is 0 Å². The molecule has 2 unspecified atom stereocenters. The molecule has 152 valence electrons. The minimum absolute atomic E-state index is 0.116. The molecule has 1 rings (SSSR count). The summed E-state index contributed by atoms with van der Waals surface area (Å²) >= 11 is 0. The Bertz CT molecular complexity index is 380. The van der Waals surface area contributed by atoms with Crippen LogP contribution in [0, 0.1) is 11.8 Å². The van der Waals surface area contributed by atoms with Gasteiger partial charge >= 0.3 is 11.9 Å². The van der Waals surface area contributed by atoms with Crippen LogP contribution >= 0.6 is 0 Å². The van der Waals surface area contributed by atoms with Crippen molar-refractivity contribution in [2.75, 3.05) is 13.2 Å². The third kappa shape index (κ3) is 10.2. The summed E-state index contributed by atoms with van der Waals surface area (Å²) in [5.41, 5.74) is 0. The SMILES string of the molecule is CCCCCCCCCCCCOC(=O)C1CCCC(C(=O)OCC)C1. The summed E-state index contributed by atoms with van der Waals surface area (Å²) in [6.07, 6.45) is 15.9. The molecule has 0 heterocycles. The fraction of sp³-hybridized carbons (Fsp3) is 0.909. The highest BCUT2D eigenvalue weighted by molar-refractivity contribution is 5.76. The maximum atomic E-state index is 12.2. The molecule has 0 aliphatic heterocycles. The van der Waals surface area contributed by atoms with Crippen LogP contribution < -0.4 is 0 Å². The smallest absolute Gasteiger partial charge is 0.308 e. The molecule has 4 heteroatoms. The summed E-state index contributed by atoms with van der Waals surface area (Å²) in [6, 6.07) is 0. The highest BCUT2D eigenvalue weighted by atomic mass is 16.5.